The Hall–Kier alpha value is -1.33. The lowest BCUT2D eigenvalue weighted by Crippen LogP contribution is -1.99. The molecule has 0 saturated heterocycles. The maximum Gasteiger partial charge on any atom is 0.129 e. The van der Waals surface area contributed by atoms with Gasteiger partial charge in [0.15, 0.2) is 0 Å². The van der Waals surface area contributed by atoms with E-state index in [1.165, 1.54) is 23.5 Å². The van der Waals surface area contributed by atoms with Gasteiger partial charge < -0.3 is 5.73 Å². The summed E-state index contributed by atoms with van der Waals surface area (Å²) in [5.74, 6) is -0.803. The Morgan fingerprint density at radius 2 is 2.05 bits per heavy atom. The minimum absolute atomic E-state index is 0.293. The fraction of sp³-hybridized carbons (Fsp3) is 0.357. The van der Waals surface area contributed by atoms with Gasteiger partial charge in [-0.05, 0) is 17.5 Å². The van der Waals surface area contributed by atoms with Gasteiger partial charge in [0.05, 0.1) is 10.7 Å². The maximum atomic E-state index is 13.6. The molecule has 0 fully saturated rings. The van der Waals surface area contributed by atoms with Crippen molar-refractivity contribution in [3.63, 3.8) is 0 Å². The number of rotatable bonds is 4. The molecule has 2 aromatic rings. The summed E-state index contributed by atoms with van der Waals surface area (Å²) in [4.78, 5) is 5.55. The first-order valence-corrected chi connectivity index (χ1v) is 6.95. The quantitative estimate of drug-likeness (QED) is 0.930. The van der Waals surface area contributed by atoms with Crippen molar-refractivity contribution in [2.45, 2.75) is 32.7 Å². The van der Waals surface area contributed by atoms with E-state index in [1.807, 2.05) is 0 Å². The van der Waals surface area contributed by atoms with Crippen LogP contribution in [0.5, 0.6) is 0 Å². The summed E-state index contributed by atoms with van der Waals surface area (Å²) >= 11 is 1.50. The second-order valence-corrected chi connectivity index (χ2v) is 5.86. The molecule has 0 saturated carbocycles. The Kier molecular flexibility index (Phi) is 4.27. The van der Waals surface area contributed by atoms with Crippen LogP contribution in [0.4, 0.5) is 8.78 Å². The summed E-state index contributed by atoms with van der Waals surface area (Å²) < 4.78 is 26.4. The molecule has 0 unspecified atom stereocenters. The maximum absolute atomic E-state index is 13.6. The molecule has 2 nitrogen and oxygen atoms in total. The summed E-state index contributed by atoms with van der Waals surface area (Å²) in [6, 6.07) is 3.62. The largest absolute Gasteiger partial charge is 0.326 e. The smallest absolute Gasteiger partial charge is 0.129 e. The number of thiazole rings is 1. The standard InChI is InChI=1S/C14H16F2N2S/c1-8(2)14-12(7-17)19-13(18-14)5-9-3-4-10(15)6-11(9)16/h3-4,6,8H,5,7,17H2,1-2H3. The van der Waals surface area contributed by atoms with E-state index in [4.69, 9.17) is 5.73 Å². The Balaban J connectivity index is 2.28. The Morgan fingerprint density at radius 1 is 1.32 bits per heavy atom. The fourth-order valence-corrected chi connectivity index (χ4v) is 3.04. The zero-order chi connectivity index (χ0) is 14.0. The van der Waals surface area contributed by atoms with Crippen LogP contribution in [0.15, 0.2) is 18.2 Å². The lowest BCUT2D eigenvalue weighted by Gasteiger charge is -2.02. The molecule has 0 atom stereocenters. The van der Waals surface area contributed by atoms with Crippen molar-refractivity contribution in [1.29, 1.82) is 0 Å². The molecule has 102 valence electrons. The van der Waals surface area contributed by atoms with Gasteiger partial charge in [-0.3, -0.25) is 0 Å². The fourth-order valence-electron chi connectivity index (χ4n) is 1.91. The molecular weight excluding hydrogens is 266 g/mol. The molecule has 0 aliphatic heterocycles. The topological polar surface area (TPSA) is 38.9 Å². The lowest BCUT2D eigenvalue weighted by molar-refractivity contribution is 0.574. The van der Waals surface area contributed by atoms with Gasteiger partial charge in [-0.25, -0.2) is 13.8 Å². The minimum Gasteiger partial charge on any atom is -0.326 e. The average Bonchev–Trinajstić information content (AvgIpc) is 2.76. The van der Waals surface area contributed by atoms with Crippen LogP contribution in [-0.2, 0) is 13.0 Å². The van der Waals surface area contributed by atoms with E-state index in [1.54, 1.807) is 0 Å². The Labute approximate surface area is 115 Å². The summed E-state index contributed by atoms with van der Waals surface area (Å²) in [6.07, 6.45) is 0.372. The molecule has 0 amide bonds. The van der Waals surface area contributed by atoms with Crippen molar-refractivity contribution < 1.29 is 8.78 Å². The van der Waals surface area contributed by atoms with Crippen LogP contribution in [0.2, 0.25) is 0 Å². The van der Waals surface area contributed by atoms with E-state index in [0.29, 0.717) is 24.4 Å². The van der Waals surface area contributed by atoms with Crippen LogP contribution in [-0.4, -0.2) is 4.98 Å². The summed E-state index contributed by atoms with van der Waals surface area (Å²) in [5.41, 5.74) is 7.12. The van der Waals surface area contributed by atoms with Crippen LogP contribution in [0.3, 0.4) is 0 Å². The van der Waals surface area contributed by atoms with Crippen LogP contribution < -0.4 is 5.73 Å². The van der Waals surface area contributed by atoms with E-state index in [2.05, 4.69) is 18.8 Å². The lowest BCUT2D eigenvalue weighted by atomic mass is 10.1. The van der Waals surface area contributed by atoms with Gasteiger partial charge in [0, 0.05) is 23.9 Å². The molecule has 2 N–H and O–H groups in total. The number of benzene rings is 1. The highest BCUT2D eigenvalue weighted by atomic mass is 32.1. The van der Waals surface area contributed by atoms with Gasteiger partial charge in [0.1, 0.15) is 11.6 Å². The zero-order valence-corrected chi connectivity index (χ0v) is 11.7. The third-order valence-electron chi connectivity index (χ3n) is 2.86. The number of hydrogen-bond donors (Lipinski definition) is 1. The van der Waals surface area contributed by atoms with Gasteiger partial charge in [-0.1, -0.05) is 19.9 Å². The monoisotopic (exact) mass is 282 g/mol. The van der Waals surface area contributed by atoms with Crippen molar-refractivity contribution in [3.8, 4) is 0 Å². The van der Waals surface area contributed by atoms with E-state index in [9.17, 15) is 8.78 Å². The molecule has 2 rings (SSSR count). The summed E-state index contributed by atoms with van der Waals surface area (Å²) in [5, 5.41) is 0.814. The number of nitrogens with two attached hydrogens (primary N) is 1. The highest BCUT2D eigenvalue weighted by molar-refractivity contribution is 7.11. The first-order valence-electron chi connectivity index (χ1n) is 6.13. The molecule has 19 heavy (non-hydrogen) atoms. The van der Waals surface area contributed by atoms with Gasteiger partial charge >= 0.3 is 0 Å². The van der Waals surface area contributed by atoms with Crippen molar-refractivity contribution in [2.75, 3.05) is 0 Å². The SMILES string of the molecule is CC(C)c1nc(Cc2ccc(F)cc2F)sc1CN. The highest BCUT2D eigenvalue weighted by Gasteiger charge is 2.14. The third-order valence-corrected chi connectivity index (χ3v) is 3.95. The Bertz CT molecular complexity index is 579. The van der Waals surface area contributed by atoms with E-state index in [0.717, 1.165) is 21.6 Å². The van der Waals surface area contributed by atoms with Crippen LogP contribution in [0, 0.1) is 11.6 Å². The second kappa shape index (κ2) is 5.75. The molecule has 0 aliphatic carbocycles. The predicted octanol–water partition coefficient (Wildman–Crippen LogP) is 3.59. The molecule has 0 bridgehead atoms. The second-order valence-electron chi connectivity index (χ2n) is 4.69. The van der Waals surface area contributed by atoms with E-state index < -0.39 is 11.6 Å². The number of aromatic nitrogens is 1. The third kappa shape index (κ3) is 3.16. The van der Waals surface area contributed by atoms with Crippen LogP contribution >= 0.6 is 11.3 Å². The minimum atomic E-state index is -0.564. The van der Waals surface area contributed by atoms with Gasteiger partial charge in [-0.2, -0.15) is 0 Å². The van der Waals surface area contributed by atoms with Gasteiger partial charge in [-0.15, -0.1) is 11.3 Å². The van der Waals surface area contributed by atoms with Crippen molar-refractivity contribution >= 4 is 11.3 Å². The van der Waals surface area contributed by atoms with Crippen molar-refractivity contribution in [2.24, 2.45) is 5.73 Å². The van der Waals surface area contributed by atoms with Gasteiger partial charge in [0.25, 0.3) is 0 Å². The van der Waals surface area contributed by atoms with Crippen LogP contribution in [0.25, 0.3) is 0 Å². The normalized spacial score (nSPS) is 11.3. The van der Waals surface area contributed by atoms with Crippen molar-refractivity contribution in [3.05, 3.63) is 51.0 Å². The number of halogens is 2. The van der Waals surface area contributed by atoms with E-state index >= 15 is 0 Å². The number of hydrogen-bond acceptors (Lipinski definition) is 3. The molecule has 5 heteroatoms. The average molecular weight is 282 g/mol. The molecule has 0 spiro atoms. The first kappa shape index (κ1) is 14.1. The molecule has 1 aromatic carbocycles. The Morgan fingerprint density at radius 3 is 2.58 bits per heavy atom. The molecule has 1 heterocycles. The summed E-state index contributed by atoms with van der Waals surface area (Å²) in [6.45, 7) is 4.55. The van der Waals surface area contributed by atoms with Gasteiger partial charge in [0.2, 0.25) is 0 Å². The van der Waals surface area contributed by atoms with Crippen molar-refractivity contribution in [1.82, 2.24) is 4.98 Å². The molecule has 1 aromatic heterocycles. The molecule has 0 radical (unpaired) electrons. The molecule has 0 aliphatic rings. The zero-order valence-electron chi connectivity index (χ0n) is 10.9. The number of nitrogens with zero attached hydrogens (tertiary/aromatic N) is 1. The van der Waals surface area contributed by atoms with Crippen LogP contribution in [0.1, 0.15) is 40.9 Å². The highest BCUT2D eigenvalue weighted by Crippen LogP contribution is 2.26. The predicted molar refractivity (Wildman–Crippen MR) is 73.3 cm³/mol. The summed E-state index contributed by atoms with van der Waals surface area (Å²) in [7, 11) is 0. The molecular formula is C14H16F2N2S. The van der Waals surface area contributed by atoms with E-state index in [-0.39, 0.29) is 0 Å². The first-order chi connectivity index (χ1) is 9.01.